The van der Waals surface area contributed by atoms with Gasteiger partial charge in [-0.2, -0.15) is 0 Å². The number of nitrogens with zero attached hydrogens (tertiary/aromatic N) is 2. The number of halogens is 1. The van der Waals surface area contributed by atoms with Gasteiger partial charge in [0, 0.05) is 29.7 Å². The summed E-state index contributed by atoms with van der Waals surface area (Å²) in [6.07, 6.45) is 4.59. The highest BCUT2D eigenvalue weighted by Crippen LogP contribution is 2.16. The lowest BCUT2D eigenvalue weighted by atomic mass is 10.1. The molecular weight excluding hydrogens is 232 g/mol. The molecule has 0 bridgehead atoms. The molecule has 0 unspecified atom stereocenters. The Bertz CT molecular complexity index is 313. The van der Waals surface area contributed by atoms with Crippen molar-refractivity contribution in [1.29, 1.82) is 0 Å². The lowest BCUT2D eigenvalue weighted by Gasteiger charge is -2.00. The van der Waals surface area contributed by atoms with Gasteiger partial charge in [-0.3, -0.25) is 4.98 Å². The molecule has 2 rings (SSSR count). The van der Waals surface area contributed by atoms with E-state index in [4.69, 9.17) is 4.84 Å². The van der Waals surface area contributed by atoms with E-state index in [1.54, 1.807) is 12.4 Å². The van der Waals surface area contributed by atoms with E-state index >= 15 is 0 Å². The van der Waals surface area contributed by atoms with Crippen LogP contribution in [0.1, 0.15) is 12.0 Å². The number of oxime groups is 1. The summed E-state index contributed by atoms with van der Waals surface area (Å²) in [4.78, 5) is 9.21. The molecule has 3 nitrogen and oxygen atoms in total. The van der Waals surface area contributed by atoms with Crippen LogP contribution in [0.4, 0.5) is 0 Å². The molecule has 1 aromatic heterocycles. The summed E-state index contributed by atoms with van der Waals surface area (Å²) in [7, 11) is 0. The molecule has 0 aliphatic carbocycles. The van der Waals surface area contributed by atoms with Crippen molar-refractivity contribution >= 4 is 21.6 Å². The quantitative estimate of drug-likeness (QED) is 0.742. The second kappa shape index (κ2) is 3.87. The van der Waals surface area contributed by atoms with E-state index in [1.807, 2.05) is 12.1 Å². The predicted octanol–water partition coefficient (Wildman–Crippen LogP) is 1.97. The van der Waals surface area contributed by atoms with Gasteiger partial charge in [0.1, 0.15) is 6.10 Å². The van der Waals surface area contributed by atoms with Crippen LogP contribution in [0.5, 0.6) is 0 Å². The minimum atomic E-state index is 0.176. The van der Waals surface area contributed by atoms with Gasteiger partial charge in [-0.1, -0.05) is 21.1 Å². The Hall–Kier alpha value is -0.900. The Morgan fingerprint density at radius 3 is 3.15 bits per heavy atom. The minimum Gasteiger partial charge on any atom is -0.391 e. The van der Waals surface area contributed by atoms with Crippen LogP contribution in [0.25, 0.3) is 0 Å². The van der Waals surface area contributed by atoms with Crippen molar-refractivity contribution in [3.63, 3.8) is 0 Å². The van der Waals surface area contributed by atoms with E-state index in [-0.39, 0.29) is 6.10 Å². The SMILES string of the molecule is BrC[C@H]1CC(c2cccnc2)=NO1. The zero-order valence-electron chi connectivity index (χ0n) is 6.98. The number of hydrogen-bond acceptors (Lipinski definition) is 3. The molecule has 0 saturated heterocycles. The molecule has 1 aliphatic heterocycles. The summed E-state index contributed by atoms with van der Waals surface area (Å²) in [5.74, 6) is 0. The van der Waals surface area contributed by atoms with E-state index in [0.717, 1.165) is 23.0 Å². The number of alkyl halides is 1. The molecule has 0 fully saturated rings. The van der Waals surface area contributed by atoms with Crippen molar-refractivity contribution < 1.29 is 4.84 Å². The van der Waals surface area contributed by atoms with Crippen molar-refractivity contribution in [3.05, 3.63) is 30.1 Å². The molecule has 0 radical (unpaired) electrons. The fraction of sp³-hybridized carbons (Fsp3) is 0.333. The number of pyridine rings is 1. The molecule has 2 heterocycles. The van der Waals surface area contributed by atoms with Gasteiger partial charge in [-0.25, -0.2) is 0 Å². The van der Waals surface area contributed by atoms with Gasteiger partial charge in [0.05, 0.1) is 5.71 Å². The van der Waals surface area contributed by atoms with Gasteiger partial charge in [0.15, 0.2) is 0 Å². The van der Waals surface area contributed by atoms with E-state index in [0.29, 0.717) is 0 Å². The van der Waals surface area contributed by atoms with Crippen LogP contribution in [-0.4, -0.2) is 22.1 Å². The van der Waals surface area contributed by atoms with Crippen LogP contribution in [-0.2, 0) is 4.84 Å². The summed E-state index contributed by atoms with van der Waals surface area (Å²) in [5.41, 5.74) is 2.03. The van der Waals surface area contributed by atoms with Gasteiger partial charge in [0.25, 0.3) is 0 Å². The van der Waals surface area contributed by atoms with Gasteiger partial charge in [-0.15, -0.1) is 0 Å². The third-order valence-corrected chi connectivity index (χ3v) is 2.62. The summed E-state index contributed by atoms with van der Waals surface area (Å²) in [6.45, 7) is 0. The van der Waals surface area contributed by atoms with Gasteiger partial charge < -0.3 is 4.84 Å². The molecule has 68 valence electrons. The van der Waals surface area contributed by atoms with Gasteiger partial charge in [0.2, 0.25) is 0 Å². The van der Waals surface area contributed by atoms with Crippen molar-refractivity contribution in [2.45, 2.75) is 12.5 Å². The zero-order valence-corrected chi connectivity index (χ0v) is 8.57. The lowest BCUT2D eigenvalue weighted by molar-refractivity contribution is 0.104. The van der Waals surface area contributed by atoms with Crippen molar-refractivity contribution in [1.82, 2.24) is 4.98 Å². The first-order chi connectivity index (χ1) is 6.40. The third-order valence-electron chi connectivity index (χ3n) is 1.90. The van der Waals surface area contributed by atoms with Crippen LogP contribution in [0.15, 0.2) is 29.7 Å². The molecule has 0 spiro atoms. The van der Waals surface area contributed by atoms with E-state index < -0.39 is 0 Å². The molecule has 1 atom stereocenters. The fourth-order valence-electron chi connectivity index (χ4n) is 1.22. The normalized spacial score (nSPS) is 21.0. The van der Waals surface area contributed by atoms with Crippen molar-refractivity contribution in [2.75, 3.05) is 5.33 Å². The molecule has 1 aliphatic rings. The standard InChI is InChI=1S/C9H9BrN2O/c10-5-8-4-9(12-13-8)7-2-1-3-11-6-7/h1-3,6,8H,4-5H2/t8-/m1/s1. The van der Waals surface area contributed by atoms with Crippen molar-refractivity contribution in [2.24, 2.45) is 5.16 Å². The van der Waals surface area contributed by atoms with E-state index in [1.165, 1.54) is 0 Å². The molecule has 0 amide bonds. The number of hydrogen-bond donors (Lipinski definition) is 0. The topological polar surface area (TPSA) is 34.5 Å². The molecule has 0 saturated carbocycles. The smallest absolute Gasteiger partial charge is 0.142 e. The van der Waals surface area contributed by atoms with Gasteiger partial charge in [-0.05, 0) is 12.1 Å². The maximum Gasteiger partial charge on any atom is 0.142 e. The molecule has 1 aromatic rings. The first-order valence-electron chi connectivity index (χ1n) is 4.09. The molecule has 4 heteroatoms. The summed E-state index contributed by atoms with van der Waals surface area (Å²) in [5, 5.41) is 4.82. The average Bonchev–Trinajstić information content (AvgIpc) is 2.67. The third kappa shape index (κ3) is 1.88. The second-order valence-electron chi connectivity index (χ2n) is 2.87. The molecular formula is C9H9BrN2O. The minimum absolute atomic E-state index is 0.176. The van der Waals surface area contributed by atoms with Crippen LogP contribution in [0.3, 0.4) is 0 Å². The van der Waals surface area contributed by atoms with Gasteiger partial charge >= 0.3 is 0 Å². The molecule has 0 aromatic carbocycles. The zero-order chi connectivity index (χ0) is 9.10. The first kappa shape index (κ1) is 8.69. The maximum atomic E-state index is 5.18. The molecule has 13 heavy (non-hydrogen) atoms. The first-order valence-corrected chi connectivity index (χ1v) is 5.21. The Balaban J connectivity index is 2.12. The van der Waals surface area contributed by atoms with Crippen LogP contribution >= 0.6 is 15.9 Å². The lowest BCUT2D eigenvalue weighted by Crippen LogP contribution is -2.09. The average molecular weight is 241 g/mol. The maximum absolute atomic E-state index is 5.18. The molecule has 0 N–H and O–H groups in total. The Morgan fingerprint density at radius 2 is 2.54 bits per heavy atom. The number of rotatable bonds is 2. The largest absolute Gasteiger partial charge is 0.391 e. The summed E-state index contributed by atoms with van der Waals surface area (Å²) < 4.78 is 0. The highest BCUT2D eigenvalue weighted by atomic mass is 79.9. The summed E-state index contributed by atoms with van der Waals surface area (Å²) >= 11 is 3.36. The number of aromatic nitrogens is 1. The van der Waals surface area contributed by atoms with E-state index in [9.17, 15) is 0 Å². The highest BCUT2D eigenvalue weighted by Gasteiger charge is 2.20. The van der Waals surface area contributed by atoms with Crippen LogP contribution < -0.4 is 0 Å². The monoisotopic (exact) mass is 240 g/mol. The van der Waals surface area contributed by atoms with E-state index in [2.05, 4.69) is 26.1 Å². The van der Waals surface area contributed by atoms with Crippen LogP contribution in [0.2, 0.25) is 0 Å². The Kier molecular flexibility index (Phi) is 2.59. The predicted molar refractivity (Wildman–Crippen MR) is 54.1 cm³/mol. The van der Waals surface area contributed by atoms with Crippen LogP contribution in [0, 0.1) is 0 Å². The van der Waals surface area contributed by atoms with Crippen molar-refractivity contribution in [3.8, 4) is 0 Å². The Labute approximate surface area is 84.9 Å². The summed E-state index contributed by atoms with van der Waals surface area (Å²) in [6, 6.07) is 3.89. The Morgan fingerprint density at radius 1 is 1.62 bits per heavy atom. The highest BCUT2D eigenvalue weighted by molar-refractivity contribution is 9.09. The second-order valence-corrected chi connectivity index (χ2v) is 3.51. The fourth-order valence-corrected chi connectivity index (χ4v) is 1.56.